The van der Waals surface area contributed by atoms with E-state index in [9.17, 15) is 0 Å². The lowest BCUT2D eigenvalue weighted by atomic mass is 10.3. The van der Waals surface area contributed by atoms with Gasteiger partial charge < -0.3 is 4.74 Å². The molecular weight excluding hydrogens is 234 g/mol. The number of rotatable bonds is 4. The Balaban J connectivity index is 2.13. The second-order valence-corrected chi connectivity index (χ2v) is 4.36. The Bertz CT molecular complexity index is 285. The molecule has 0 saturated heterocycles. The van der Waals surface area contributed by atoms with Crippen molar-refractivity contribution in [2.75, 3.05) is 13.7 Å². The molecule has 5 heteroatoms. The lowest BCUT2D eigenvalue weighted by molar-refractivity contribution is 0.199. The van der Waals surface area contributed by atoms with Crippen LogP contribution in [-0.2, 0) is 4.74 Å². The summed E-state index contributed by atoms with van der Waals surface area (Å²) in [6.07, 6.45) is 4.25. The number of hydrogen-bond donors (Lipinski definition) is 0. The highest BCUT2D eigenvalue weighted by molar-refractivity contribution is 9.09. The van der Waals surface area contributed by atoms with Crippen molar-refractivity contribution in [2.45, 2.75) is 23.7 Å². The van der Waals surface area contributed by atoms with E-state index < -0.39 is 0 Å². The summed E-state index contributed by atoms with van der Waals surface area (Å²) in [7, 11) is 1.69. The van der Waals surface area contributed by atoms with Crippen molar-refractivity contribution < 1.29 is 4.74 Å². The molecule has 1 atom stereocenters. The van der Waals surface area contributed by atoms with Crippen molar-refractivity contribution in [3.05, 3.63) is 11.9 Å². The van der Waals surface area contributed by atoms with Gasteiger partial charge in [-0.15, -0.1) is 5.10 Å². The second kappa shape index (κ2) is 3.75. The molecule has 1 aromatic rings. The molecule has 1 aliphatic rings. The molecule has 2 rings (SSSR count). The Hall–Kier alpha value is -0.420. The Labute approximate surface area is 85.4 Å². The molecule has 1 saturated carbocycles. The first kappa shape index (κ1) is 9.15. The van der Waals surface area contributed by atoms with Crippen LogP contribution in [-0.4, -0.2) is 28.7 Å². The number of methoxy groups -OCH3 is 1. The van der Waals surface area contributed by atoms with E-state index in [4.69, 9.17) is 4.74 Å². The summed E-state index contributed by atoms with van der Waals surface area (Å²) in [6, 6.07) is 0.578. The van der Waals surface area contributed by atoms with E-state index in [0.717, 1.165) is 5.69 Å². The summed E-state index contributed by atoms with van der Waals surface area (Å²) in [6.45, 7) is 0.653. The maximum Gasteiger partial charge on any atom is 0.0814 e. The molecule has 1 aliphatic carbocycles. The minimum Gasteiger partial charge on any atom is -0.383 e. The number of halogens is 1. The monoisotopic (exact) mass is 245 g/mol. The van der Waals surface area contributed by atoms with Crippen LogP contribution in [0.4, 0.5) is 0 Å². The number of alkyl halides is 1. The molecule has 0 spiro atoms. The van der Waals surface area contributed by atoms with Gasteiger partial charge in [-0.1, -0.05) is 21.1 Å². The van der Waals surface area contributed by atoms with E-state index in [-0.39, 0.29) is 4.83 Å². The van der Waals surface area contributed by atoms with Crippen LogP contribution in [0.25, 0.3) is 0 Å². The van der Waals surface area contributed by atoms with Crippen LogP contribution < -0.4 is 0 Å². The van der Waals surface area contributed by atoms with Crippen LogP contribution in [0.5, 0.6) is 0 Å². The molecule has 1 fully saturated rings. The Morgan fingerprint density at radius 3 is 3.15 bits per heavy atom. The molecule has 72 valence electrons. The molecule has 0 amide bonds. The number of hydrogen-bond acceptors (Lipinski definition) is 3. The minimum absolute atomic E-state index is 0.202. The SMILES string of the molecule is COCC(Br)c1cnnn1C1CC1. The number of aromatic nitrogens is 3. The van der Waals surface area contributed by atoms with E-state index in [1.54, 1.807) is 13.3 Å². The van der Waals surface area contributed by atoms with Crippen molar-refractivity contribution in [1.82, 2.24) is 15.0 Å². The predicted molar refractivity (Wildman–Crippen MR) is 51.8 cm³/mol. The van der Waals surface area contributed by atoms with Gasteiger partial charge in [0.25, 0.3) is 0 Å². The van der Waals surface area contributed by atoms with Crippen LogP contribution in [0.3, 0.4) is 0 Å². The molecule has 0 radical (unpaired) electrons. The maximum atomic E-state index is 5.07. The zero-order chi connectivity index (χ0) is 9.26. The number of ether oxygens (including phenoxy) is 1. The average Bonchev–Trinajstić information content (AvgIpc) is 2.84. The Morgan fingerprint density at radius 2 is 2.54 bits per heavy atom. The Morgan fingerprint density at radius 1 is 1.77 bits per heavy atom. The Kier molecular flexibility index (Phi) is 2.64. The van der Waals surface area contributed by atoms with Gasteiger partial charge in [-0.2, -0.15) is 0 Å². The molecule has 0 bridgehead atoms. The molecule has 1 unspecified atom stereocenters. The normalized spacial score (nSPS) is 18.9. The van der Waals surface area contributed by atoms with E-state index >= 15 is 0 Å². The maximum absolute atomic E-state index is 5.07. The highest BCUT2D eigenvalue weighted by Crippen LogP contribution is 2.37. The van der Waals surface area contributed by atoms with Crippen molar-refractivity contribution in [1.29, 1.82) is 0 Å². The molecule has 0 aliphatic heterocycles. The van der Waals surface area contributed by atoms with Gasteiger partial charge in [0.2, 0.25) is 0 Å². The standard InChI is InChI=1S/C8H12BrN3O/c1-13-5-7(9)8-4-10-11-12(8)6-2-3-6/h4,6-7H,2-3,5H2,1H3. The van der Waals surface area contributed by atoms with Crippen LogP contribution in [0.1, 0.15) is 29.4 Å². The second-order valence-electron chi connectivity index (χ2n) is 3.26. The lowest BCUT2D eigenvalue weighted by Crippen LogP contribution is -2.07. The topological polar surface area (TPSA) is 39.9 Å². The smallest absolute Gasteiger partial charge is 0.0814 e. The van der Waals surface area contributed by atoms with Crippen molar-refractivity contribution in [3.8, 4) is 0 Å². The highest BCUT2D eigenvalue weighted by Gasteiger charge is 2.28. The molecule has 13 heavy (non-hydrogen) atoms. The van der Waals surface area contributed by atoms with Gasteiger partial charge >= 0.3 is 0 Å². The molecule has 4 nitrogen and oxygen atoms in total. The largest absolute Gasteiger partial charge is 0.383 e. The summed E-state index contributed by atoms with van der Waals surface area (Å²) in [5, 5.41) is 7.98. The van der Waals surface area contributed by atoms with Gasteiger partial charge in [-0.05, 0) is 12.8 Å². The molecule has 1 aromatic heterocycles. The van der Waals surface area contributed by atoms with Crippen molar-refractivity contribution in [3.63, 3.8) is 0 Å². The fourth-order valence-electron chi connectivity index (χ4n) is 1.31. The first-order valence-electron chi connectivity index (χ1n) is 4.36. The summed E-state index contributed by atoms with van der Waals surface area (Å²) >= 11 is 3.55. The third kappa shape index (κ3) is 1.91. The fourth-order valence-corrected chi connectivity index (χ4v) is 1.90. The van der Waals surface area contributed by atoms with Gasteiger partial charge in [-0.25, -0.2) is 4.68 Å². The van der Waals surface area contributed by atoms with E-state index in [1.807, 2.05) is 4.68 Å². The quantitative estimate of drug-likeness (QED) is 0.759. The minimum atomic E-state index is 0.202. The zero-order valence-corrected chi connectivity index (χ0v) is 9.07. The zero-order valence-electron chi connectivity index (χ0n) is 7.48. The van der Waals surface area contributed by atoms with E-state index in [2.05, 4.69) is 26.2 Å². The van der Waals surface area contributed by atoms with E-state index in [1.165, 1.54) is 12.8 Å². The van der Waals surface area contributed by atoms with Crippen molar-refractivity contribution >= 4 is 15.9 Å². The van der Waals surface area contributed by atoms with Gasteiger partial charge in [0.05, 0.1) is 29.4 Å². The van der Waals surface area contributed by atoms with Gasteiger partial charge in [-0.3, -0.25) is 0 Å². The molecule has 0 N–H and O–H groups in total. The first-order valence-corrected chi connectivity index (χ1v) is 5.27. The van der Waals surface area contributed by atoms with Crippen LogP contribution in [0.15, 0.2) is 6.20 Å². The van der Waals surface area contributed by atoms with Gasteiger partial charge in [0, 0.05) is 7.11 Å². The lowest BCUT2D eigenvalue weighted by Gasteiger charge is -2.09. The molecule has 0 aromatic carbocycles. The summed E-state index contributed by atoms with van der Waals surface area (Å²) < 4.78 is 7.07. The number of nitrogens with zero attached hydrogens (tertiary/aromatic N) is 3. The highest BCUT2D eigenvalue weighted by atomic mass is 79.9. The van der Waals surface area contributed by atoms with Gasteiger partial charge in [0.15, 0.2) is 0 Å². The molecular formula is C8H12BrN3O. The summed E-state index contributed by atoms with van der Waals surface area (Å²) in [5.41, 5.74) is 1.12. The van der Waals surface area contributed by atoms with Crippen LogP contribution in [0, 0.1) is 0 Å². The molecule has 1 heterocycles. The summed E-state index contributed by atoms with van der Waals surface area (Å²) in [4.78, 5) is 0.202. The summed E-state index contributed by atoms with van der Waals surface area (Å²) in [5.74, 6) is 0. The van der Waals surface area contributed by atoms with Crippen LogP contribution in [0.2, 0.25) is 0 Å². The third-order valence-corrected chi connectivity index (χ3v) is 2.86. The van der Waals surface area contributed by atoms with Gasteiger partial charge in [0.1, 0.15) is 0 Å². The van der Waals surface area contributed by atoms with Crippen molar-refractivity contribution in [2.24, 2.45) is 0 Å². The van der Waals surface area contributed by atoms with Crippen LogP contribution >= 0.6 is 15.9 Å². The average molecular weight is 246 g/mol. The first-order chi connectivity index (χ1) is 6.33. The fraction of sp³-hybridized carbons (Fsp3) is 0.750. The predicted octanol–water partition coefficient (Wildman–Crippen LogP) is 1.70. The van der Waals surface area contributed by atoms with E-state index in [0.29, 0.717) is 12.6 Å². The third-order valence-electron chi connectivity index (χ3n) is 2.13.